The second-order valence-electron chi connectivity index (χ2n) is 4.70. The lowest BCUT2D eigenvalue weighted by Crippen LogP contribution is -2.20. The minimum Gasteiger partial charge on any atom is -0.496 e. The number of aryl methyl sites for hydroxylation is 1. The van der Waals surface area contributed by atoms with Gasteiger partial charge >= 0.3 is 0 Å². The summed E-state index contributed by atoms with van der Waals surface area (Å²) in [5.74, 6) is 0.820. The number of halogens is 1. The molecule has 0 aliphatic heterocycles. The Labute approximate surface area is 128 Å². The molecular formula is C16H19BrN2O. The number of methoxy groups -OCH3 is 1. The minimum atomic E-state index is 0.0685. The molecule has 106 valence electrons. The number of ether oxygens (including phenoxy) is 1. The molecule has 0 aliphatic carbocycles. The molecule has 0 radical (unpaired) electrons. The van der Waals surface area contributed by atoms with Gasteiger partial charge in [-0.2, -0.15) is 0 Å². The first-order chi connectivity index (χ1) is 9.63. The van der Waals surface area contributed by atoms with Gasteiger partial charge in [-0.05, 0) is 58.2 Å². The first-order valence-corrected chi connectivity index (χ1v) is 7.30. The smallest absolute Gasteiger partial charge is 0.133 e. The molecule has 4 heteroatoms. The van der Waals surface area contributed by atoms with Gasteiger partial charge in [0.25, 0.3) is 0 Å². The number of anilines is 1. The number of nitrogens with one attached hydrogen (secondary N) is 1. The fourth-order valence-corrected chi connectivity index (χ4v) is 2.67. The van der Waals surface area contributed by atoms with Crippen molar-refractivity contribution in [3.8, 4) is 5.75 Å². The Balaban J connectivity index is 2.22. The molecule has 0 amide bonds. The lowest BCUT2D eigenvalue weighted by atomic mass is 10.1. The van der Waals surface area contributed by atoms with Crippen LogP contribution in [0, 0.1) is 6.92 Å². The predicted octanol–water partition coefficient (Wildman–Crippen LogP) is 3.88. The molecule has 0 bridgehead atoms. The van der Waals surface area contributed by atoms with E-state index in [0.717, 1.165) is 21.5 Å². The highest BCUT2D eigenvalue weighted by molar-refractivity contribution is 9.10. The van der Waals surface area contributed by atoms with E-state index in [2.05, 4.69) is 40.3 Å². The van der Waals surface area contributed by atoms with Crippen molar-refractivity contribution < 1.29 is 4.74 Å². The summed E-state index contributed by atoms with van der Waals surface area (Å²) >= 11 is 3.51. The summed E-state index contributed by atoms with van der Waals surface area (Å²) in [5, 5.41) is 3.46. The van der Waals surface area contributed by atoms with Crippen LogP contribution in [0.25, 0.3) is 0 Å². The van der Waals surface area contributed by atoms with Gasteiger partial charge in [-0.15, -0.1) is 0 Å². The van der Waals surface area contributed by atoms with E-state index in [4.69, 9.17) is 10.5 Å². The molecular weight excluding hydrogens is 316 g/mol. The Morgan fingerprint density at radius 3 is 2.65 bits per heavy atom. The van der Waals surface area contributed by atoms with Crippen molar-refractivity contribution in [3.63, 3.8) is 0 Å². The summed E-state index contributed by atoms with van der Waals surface area (Å²) in [5.41, 5.74) is 9.33. The third kappa shape index (κ3) is 3.52. The molecule has 1 unspecified atom stereocenters. The second kappa shape index (κ2) is 6.77. The molecule has 2 aromatic rings. The fourth-order valence-electron chi connectivity index (χ4n) is 2.11. The zero-order valence-corrected chi connectivity index (χ0v) is 13.3. The summed E-state index contributed by atoms with van der Waals surface area (Å²) in [6, 6.07) is 14.4. The number of nitrogens with two attached hydrogens (primary N) is 1. The lowest BCUT2D eigenvalue weighted by Gasteiger charge is -2.20. The zero-order chi connectivity index (χ0) is 14.5. The van der Waals surface area contributed by atoms with Crippen molar-refractivity contribution in [1.82, 2.24) is 0 Å². The van der Waals surface area contributed by atoms with Crippen LogP contribution in [0.2, 0.25) is 0 Å². The van der Waals surface area contributed by atoms with Crippen LogP contribution in [0.5, 0.6) is 5.75 Å². The molecule has 0 heterocycles. The van der Waals surface area contributed by atoms with Crippen LogP contribution >= 0.6 is 15.9 Å². The molecule has 2 aromatic carbocycles. The van der Waals surface area contributed by atoms with E-state index in [1.54, 1.807) is 7.11 Å². The molecule has 0 aliphatic rings. The van der Waals surface area contributed by atoms with Crippen LogP contribution in [-0.4, -0.2) is 13.7 Å². The van der Waals surface area contributed by atoms with Gasteiger partial charge in [0.2, 0.25) is 0 Å². The second-order valence-corrected chi connectivity index (χ2v) is 5.55. The van der Waals surface area contributed by atoms with Crippen molar-refractivity contribution in [1.29, 1.82) is 0 Å². The highest BCUT2D eigenvalue weighted by atomic mass is 79.9. The van der Waals surface area contributed by atoms with E-state index in [1.807, 2.05) is 30.3 Å². The van der Waals surface area contributed by atoms with Gasteiger partial charge < -0.3 is 15.8 Å². The molecule has 3 nitrogen and oxygen atoms in total. The van der Waals surface area contributed by atoms with Crippen molar-refractivity contribution in [2.24, 2.45) is 5.73 Å². The Morgan fingerprint density at radius 1 is 1.25 bits per heavy atom. The number of benzene rings is 2. The maximum Gasteiger partial charge on any atom is 0.133 e. The van der Waals surface area contributed by atoms with Gasteiger partial charge in [-0.25, -0.2) is 0 Å². The lowest BCUT2D eigenvalue weighted by molar-refractivity contribution is 0.412. The van der Waals surface area contributed by atoms with Gasteiger partial charge in [0.1, 0.15) is 5.75 Å². The number of hydrogen-bond donors (Lipinski definition) is 2. The Hall–Kier alpha value is -1.52. The van der Waals surface area contributed by atoms with E-state index in [-0.39, 0.29) is 6.04 Å². The number of hydrogen-bond acceptors (Lipinski definition) is 3. The highest BCUT2D eigenvalue weighted by Gasteiger charge is 2.11. The molecule has 2 rings (SSSR count). The van der Waals surface area contributed by atoms with Crippen molar-refractivity contribution in [3.05, 3.63) is 58.1 Å². The van der Waals surface area contributed by atoms with Crippen molar-refractivity contribution in [2.75, 3.05) is 19.0 Å². The van der Waals surface area contributed by atoms with Gasteiger partial charge in [0.05, 0.1) is 17.6 Å². The van der Waals surface area contributed by atoms with Gasteiger partial charge in [0, 0.05) is 12.2 Å². The third-order valence-electron chi connectivity index (χ3n) is 3.17. The van der Waals surface area contributed by atoms with Gasteiger partial charge in [-0.1, -0.05) is 18.2 Å². The van der Waals surface area contributed by atoms with E-state index in [9.17, 15) is 0 Å². The Kier molecular flexibility index (Phi) is 5.04. The fraction of sp³-hybridized carbons (Fsp3) is 0.250. The van der Waals surface area contributed by atoms with Crippen molar-refractivity contribution in [2.45, 2.75) is 13.0 Å². The highest BCUT2D eigenvalue weighted by Crippen LogP contribution is 2.29. The molecule has 0 saturated heterocycles. The molecule has 0 fully saturated rings. The summed E-state index contributed by atoms with van der Waals surface area (Å²) in [6.45, 7) is 2.60. The maximum absolute atomic E-state index is 5.90. The van der Waals surface area contributed by atoms with Crippen LogP contribution < -0.4 is 15.8 Å². The average molecular weight is 335 g/mol. The van der Waals surface area contributed by atoms with E-state index in [0.29, 0.717) is 6.54 Å². The zero-order valence-electron chi connectivity index (χ0n) is 11.7. The van der Waals surface area contributed by atoms with Gasteiger partial charge in [-0.3, -0.25) is 0 Å². The molecule has 0 aromatic heterocycles. The maximum atomic E-state index is 5.90. The standard InChI is InChI=1S/C16H19BrN2O/c1-11-4-3-5-13(8-11)19-15(10-18)12-6-7-16(20-2)14(17)9-12/h3-9,15,19H,10,18H2,1-2H3. The summed E-state index contributed by atoms with van der Waals surface area (Å²) < 4.78 is 6.18. The predicted molar refractivity (Wildman–Crippen MR) is 87.3 cm³/mol. The van der Waals surface area contributed by atoms with E-state index in [1.165, 1.54) is 5.56 Å². The van der Waals surface area contributed by atoms with Crippen LogP contribution in [0.15, 0.2) is 46.9 Å². The quantitative estimate of drug-likeness (QED) is 0.872. The Bertz CT molecular complexity index is 586. The summed E-state index contributed by atoms with van der Waals surface area (Å²) in [7, 11) is 1.66. The first kappa shape index (κ1) is 14.9. The van der Waals surface area contributed by atoms with Crippen LogP contribution in [0.4, 0.5) is 5.69 Å². The molecule has 3 N–H and O–H groups in total. The van der Waals surface area contributed by atoms with Crippen LogP contribution in [0.1, 0.15) is 17.2 Å². The van der Waals surface area contributed by atoms with Crippen molar-refractivity contribution >= 4 is 21.6 Å². The SMILES string of the molecule is COc1ccc(C(CN)Nc2cccc(C)c2)cc1Br. The average Bonchev–Trinajstić information content (AvgIpc) is 2.44. The van der Waals surface area contributed by atoms with E-state index < -0.39 is 0 Å². The summed E-state index contributed by atoms with van der Waals surface area (Å²) in [4.78, 5) is 0. The monoisotopic (exact) mass is 334 g/mol. The normalized spacial score (nSPS) is 12.0. The van der Waals surface area contributed by atoms with Crippen LogP contribution in [0.3, 0.4) is 0 Å². The van der Waals surface area contributed by atoms with E-state index >= 15 is 0 Å². The van der Waals surface area contributed by atoms with Crippen LogP contribution in [-0.2, 0) is 0 Å². The third-order valence-corrected chi connectivity index (χ3v) is 3.79. The molecule has 0 saturated carbocycles. The number of rotatable bonds is 5. The molecule has 0 spiro atoms. The Morgan fingerprint density at radius 2 is 2.05 bits per heavy atom. The molecule has 1 atom stereocenters. The topological polar surface area (TPSA) is 47.3 Å². The molecule has 20 heavy (non-hydrogen) atoms. The van der Waals surface area contributed by atoms with Gasteiger partial charge in [0.15, 0.2) is 0 Å². The first-order valence-electron chi connectivity index (χ1n) is 6.50. The summed E-state index contributed by atoms with van der Waals surface area (Å²) in [6.07, 6.45) is 0. The minimum absolute atomic E-state index is 0.0685. The largest absolute Gasteiger partial charge is 0.496 e.